The maximum Gasteiger partial charge on any atom is 0.347 e. The molecule has 0 aliphatic rings. The van der Waals surface area contributed by atoms with Gasteiger partial charge in [0.2, 0.25) is 0 Å². The molecule has 1 aromatic heterocycles. The van der Waals surface area contributed by atoms with Crippen molar-refractivity contribution in [3.8, 4) is 10.6 Å². The molecular weight excluding hydrogens is 242 g/mol. The summed E-state index contributed by atoms with van der Waals surface area (Å²) in [5, 5.41) is 9.54. The zero-order valence-electron chi connectivity index (χ0n) is 8.51. The van der Waals surface area contributed by atoms with E-state index < -0.39 is 5.97 Å². The van der Waals surface area contributed by atoms with Crippen LogP contribution in [0.25, 0.3) is 10.6 Å². The molecular formula is C11H9NO2S2. The van der Waals surface area contributed by atoms with Gasteiger partial charge in [-0.1, -0.05) is 12.1 Å². The average molecular weight is 251 g/mol. The van der Waals surface area contributed by atoms with E-state index in [-0.39, 0.29) is 4.88 Å². The van der Waals surface area contributed by atoms with Crippen molar-refractivity contribution in [1.29, 1.82) is 0 Å². The van der Waals surface area contributed by atoms with Gasteiger partial charge in [-0.05, 0) is 18.4 Å². The molecule has 1 N–H and O–H groups in total. The lowest BCUT2D eigenvalue weighted by Gasteiger charge is -1.97. The number of hydrogen-bond acceptors (Lipinski definition) is 4. The van der Waals surface area contributed by atoms with Crippen LogP contribution >= 0.6 is 23.1 Å². The van der Waals surface area contributed by atoms with E-state index in [0.29, 0.717) is 0 Å². The second-order valence-electron chi connectivity index (χ2n) is 3.06. The molecule has 0 fully saturated rings. The second-order valence-corrected chi connectivity index (χ2v) is 4.97. The van der Waals surface area contributed by atoms with E-state index in [1.54, 1.807) is 11.8 Å². The van der Waals surface area contributed by atoms with Crippen molar-refractivity contribution >= 4 is 29.1 Å². The second kappa shape index (κ2) is 4.67. The predicted molar refractivity (Wildman–Crippen MR) is 66.3 cm³/mol. The first-order valence-corrected chi connectivity index (χ1v) is 6.58. The number of aromatic carboxylic acids is 1. The summed E-state index contributed by atoms with van der Waals surface area (Å²) in [6, 6.07) is 7.91. The molecule has 0 bridgehead atoms. The van der Waals surface area contributed by atoms with Crippen molar-refractivity contribution in [2.75, 3.05) is 6.26 Å². The summed E-state index contributed by atoms with van der Waals surface area (Å²) in [5.74, 6) is -0.926. The largest absolute Gasteiger partial charge is 0.477 e. The van der Waals surface area contributed by atoms with Crippen molar-refractivity contribution in [2.45, 2.75) is 4.90 Å². The van der Waals surface area contributed by atoms with E-state index in [0.717, 1.165) is 10.6 Å². The first-order chi connectivity index (χ1) is 7.70. The number of thiazole rings is 1. The minimum atomic E-state index is -0.926. The van der Waals surface area contributed by atoms with Gasteiger partial charge in [-0.3, -0.25) is 0 Å². The fraction of sp³-hybridized carbons (Fsp3) is 0.0909. The third kappa shape index (κ3) is 2.25. The lowest BCUT2D eigenvalue weighted by molar-refractivity contribution is 0.0702. The normalized spacial score (nSPS) is 10.3. The molecule has 0 spiro atoms. The fourth-order valence-corrected chi connectivity index (χ4v) is 2.41. The Bertz CT molecular complexity index is 505. The van der Waals surface area contributed by atoms with Crippen LogP contribution in [0.5, 0.6) is 0 Å². The van der Waals surface area contributed by atoms with Crippen LogP contribution in [0.4, 0.5) is 0 Å². The van der Waals surface area contributed by atoms with Crippen molar-refractivity contribution < 1.29 is 9.90 Å². The van der Waals surface area contributed by atoms with Crippen LogP contribution in [0.3, 0.4) is 0 Å². The fourth-order valence-electron chi connectivity index (χ4n) is 1.24. The van der Waals surface area contributed by atoms with Gasteiger partial charge < -0.3 is 5.11 Å². The van der Waals surface area contributed by atoms with E-state index in [1.807, 2.05) is 30.5 Å². The minimum Gasteiger partial charge on any atom is -0.477 e. The van der Waals surface area contributed by atoms with Gasteiger partial charge in [0.05, 0.1) is 6.20 Å². The summed E-state index contributed by atoms with van der Waals surface area (Å²) in [6.07, 6.45) is 3.41. The first-order valence-electron chi connectivity index (χ1n) is 4.54. The summed E-state index contributed by atoms with van der Waals surface area (Å²) >= 11 is 2.86. The summed E-state index contributed by atoms with van der Waals surface area (Å²) in [7, 11) is 0. The van der Waals surface area contributed by atoms with Gasteiger partial charge >= 0.3 is 5.97 Å². The molecule has 1 aromatic carbocycles. The number of nitrogens with zero attached hydrogens (tertiary/aromatic N) is 1. The molecule has 82 valence electrons. The van der Waals surface area contributed by atoms with Crippen LogP contribution in [-0.2, 0) is 0 Å². The van der Waals surface area contributed by atoms with Gasteiger partial charge in [0, 0.05) is 10.5 Å². The summed E-state index contributed by atoms with van der Waals surface area (Å²) in [5.41, 5.74) is 0.954. The van der Waals surface area contributed by atoms with Gasteiger partial charge in [0.1, 0.15) is 9.88 Å². The highest BCUT2D eigenvalue weighted by atomic mass is 32.2. The maximum atomic E-state index is 10.7. The monoisotopic (exact) mass is 251 g/mol. The Morgan fingerprint density at radius 1 is 1.38 bits per heavy atom. The quantitative estimate of drug-likeness (QED) is 0.851. The number of aromatic nitrogens is 1. The SMILES string of the molecule is CSc1ccc(-c2ncc(C(=O)O)s2)cc1. The molecule has 0 atom stereocenters. The highest BCUT2D eigenvalue weighted by molar-refractivity contribution is 7.98. The Kier molecular flexibility index (Phi) is 3.26. The zero-order valence-corrected chi connectivity index (χ0v) is 10.1. The number of rotatable bonds is 3. The number of carboxylic acids is 1. The Balaban J connectivity index is 2.31. The highest BCUT2D eigenvalue weighted by Crippen LogP contribution is 2.26. The van der Waals surface area contributed by atoms with Crippen LogP contribution in [0.1, 0.15) is 9.67 Å². The van der Waals surface area contributed by atoms with Gasteiger partial charge in [0.15, 0.2) is 0 Å². The molecule has 2 rings (SSSR count). The van der Waals surface area contributed by atoms with E-state index in [4.69, 9.17) is 5.11 Å². The predicted octanol–water partition coefficient (Wildman–Crippen LogP) is 3.23. The lowest BCUT2D eigenvalue weighted by atomic mass is 10.2. The number of thioether (sulfide) groups is 1. The van der Waals surface area contributed by atoms with Gasteiger partial charge in [-0.25, -0.2) is 9.78 Å². The Labute approximate surface area is 101 Å². The maximum absolute atomic E-state index is 10.7. The van der Waals surface area contributed by atoms with E-state index in [9.17, 15) is 4.79 Å². The standard InChI is InChI=1S/C11H9NO2S2/c1-15-8-4-2-7(3-5-8)10-12-6-9(16-10)11(13)14/h2-6H,1H3,(H,13,14). The molecule has 0 radical (unpaired) electrons. The van der Waals surface area contributed by atoms with Crippen molar-refractivity contribution in [3.05, 3.63) is 35.3 Å². The number of carboxylic acid groups (broad SMARTS) is 1. The summed E-state index contributed by atoms with van der Waals surface area (Å²) < 4.78 is 0. The average Bonchev–Trinajstić information content (AvgIpc) is 2.78. The van der Waals surface area contributed by atoms with Crippen molar-refractivity contribution in [3.63, 3.8) is 0 Å². The Morgan fingerprint density at radius 3 is 2.56 bits per heavy atom. The Hall–Kier alpha value is -1.33. The third-order valence-electron chi connectivity index (χ3n) is 2.05. The number of hydrogen-bond donors (Lipinski definition) is 1. The van der Waals surface area contributed by atoms with Crippen molar-refractivity contribution in [2.24, 2.45) is 0 Å². The molecule has 3 nitrogen and oxygen atoms in total. The van der Waals surface area contributed by atoms with Crippen LogP contribution in [0.2, 0.25) is 0 Å². The number of benzene rings is 1. The molecule has 2 aromatic rings. The lowest BCUT2D eigenvalue weighted by Crippen LogP contribution is -1.89. The number of carbonyl (C=O) groups is 1. The minimum absolute atomic E-state index is 0.268. The van der Waals surface area contributed by atoms with Crippen LogP contribution in [0, 0.1) is 0 Å². The van der Waals surface area contributed by atoms with E-state index in [2.05, 4.69) is 4.98 Å². The molecule has 1 heterocycles. The molecule has 0 unspecified atom stereocenters. The molecule has 5 heteroatoms. The first kappa shape index (κ1) is 11.2. The van der Waals surface area contributed by atoms with Gasteiger partial charge in [-0.2, -0.15) is 0 Å². The molecule has 0 saturated heterocycles. The third-order valence-corrected chi connectivity index (χ3v) is 3.83. The zero-order chi connectivity index (χ0) is 11.5. The molecule has 0 aliphatic heterocycles. The summed E-state index contributed by atoms with van der Waals surface area (Å²) in [6.45, 7) is 0. The van der Waals surface area contributed by atoms with Crippen LogP contribution < -0.4 is 0 Å². The molecule has 0 aliphatic carbocycles. The van der Waals surface area contributed by atoms with Crippen LogP contribution in [-0.4, -0.2) is 22.3 Å². The van der Waals surface area contributed by atoms with E-state index >= 15 is 0 Å². The Morgan fingerprint density at radius 2 is 2.06 bits per heavy atom. The van der Waals surface area contributed by atoms with Gasteiger partial charge in [-0.15, -0.1) is 23.1 Å². The van der Waals surface area contributed by atoms with Crippen LogP contribution in [0.15, 0.2) is 35.4 Å². The van der Waals surface area contributed by atoms with E-state index in [1.165, 1.54) is 22.4 Å². The molecule has 0 saturated carbocycles. The summed E-state index contributed by atoms with van der Waals surface area (Å²) in [4.78, 5) is 16.3. The smallest absolute Gasteiger partial charge is 0.347 e. The molecule has 0 amide bonds. The topological polar surface area (TPSA) is 50.2 Å². The van der Waals surface area contributed by atoms with Crippen molar-refractivity contribution in [1.82, 2.24) is 4.98 Å². The highest BCUT2D eigenvalue weighted by Gasteiger charge is 2.09. The van der Waals surface area contributed by atoms with Gasteiger partial charge in [0.25, 0.3) is 0 Å². The molecule has 16 heavy (non-hydrogen) atoms.